The van der Waals surface area contributed by atoms with E-state index in [-0.39, 0.29) is 0 Å². The Kier molecular flexibility index (Phi) is 1.60. The zero-order chi connectivity index (χ0) is 6.85. The molecule has 1 atom stereocenters. The molecule has 0 saturated carbocycles. The highest BCUT2D eigenvalue weighted by Gasteiger charge is 2.11. The first-order valence-electron chi connectivity index (χ1n) is 3.24. The van der Waals surface area contributed by atoms with Gasteiger partial charge in [-0.05, 0) is 13.3 Å². The van der Waals surface area contributed by atoms with Crippen molar-refractivity contribution in [3.63, 3.8) is 0 Å². The summed E-state index contributed by atoms with van der Waals surface area (Å²) >= 11 is 0. The van der Waals surface area contributed by atoms with E-state index >= 15 is 0 Å². The van der Waals surface area contributed by atoms with Gasteiger partial charge in [-0.25, -0.2) is 0 Å². The van der Waals surface area contributed by atoms with Crippen molar-refractivity contribution in [1.82, 2.24) is 4.90 Å². The molecule has 0 aromatic rings. The van der Waals surface area contributed by atoms with Gasteiger partial charge in [-0.3, -0.25) is 4.99 Å². The molecule has 3 nitrogen and oxygen atoms in total. The van der Waals surface area contributed by atoms with Crippen LogP contribution in [0.25, 0.3) is 0 Å². The lowest BCUT2D eigenvalue weighted by Gasteiger charge is -2.24. The third-order valence-electron chi connectivity index (χ3n) is 1.63. The number of rotatable bonds is 0. The van der Waals surface area contributed by atoms with Gasteiger partial charge in [0.25, 0.3) is 0 Å². The molecule has 0 bridgehead atoms. The second-order valence-corrected chi connectivity index (χ2v) is 2.55. The maximum absolute atomic E-state index is 5.54. The highest BCUT2D eigenvalue weighted by Crippen LogP contribution is 2.04. The van der Waals surface area contributed by atoms with Crippen molar-refractivity contribution in [2.24, 2.45) is 10.7 Å². The molecule has 1 aliphatic rings. The van der Waals surface area contributed by atoms with E-state index < -0.39 is 0 Å². The van der Waals surface area contributed by atoms with Crippen LogP contribution >= 0.6 is 0 Å². The molecule has 1 rings (SSSR count). The first kappa shape index (κ1) is 6.39. The van der Waals surface area contributed by atoms with Crippen molar-refractivity contribution < 1.29 is 0 Å². The fourth-order valence-electron chi connectivity index (χ4n) is 0.884. The lowest BCUT2D eigenvalue weighted by atomic mass is 10.2. The van der Waals surface area contributed by atoms with Gasteiger partial charge >= 0.3 is 0 Å². The van der Waals surface area contributed by atoms with Crippen molar-refractivity contribution >= 4 is 5.96 Å². The fourth-order valence-corrected chi connectivity index (χ4v) is 0.884. The number of nitrogens with two attached hydrogens (primary N) is 1. The van der Waals surface area contributed by atoms with Gasteiger partial charge in [0.2, 0.25) is 0 Å². The number of aliphatic imine (C=N–C) groups is 1. The fraction of sp³-hybridized carbons (Fsp3) is 0.833. The molecule has 0 aromatic carbocycles. The number of hydrogen-bond acceptors (Lipinski definition) is 3. The number of hydrogen-bond donors (Lipinski definition) is 1. The Labute approximate surface area is 55.6 Å². The summed E-state index contributed by atoms with van der Waals surface area (Å²) in [6.07, 6.45) is 1.12. The Morgan fingerprint density at radius 1 is 1.78 bits per heavy atom. The Morgan fingerprint density at radius 3 is 2.89 bits per heavy atom. The van der Waals surface area contributed by atoms with Crippen LogP contribution in [0.4, 0.5) is 0 Å². The molecule has 3 heteroatoms. The molecule has 0 spiro atoms. The predicted octanol–water partition coefficient (Wildman–Crippen LogP) is 0.0251. The largest absolute Gasteiger partial charge is 0.370 e. The smallest absolute Gasteiger partial charge is 0.191 e. The molecule has 1 unspecified atom stereocenters. The molecule has 9 heavy (non-hydrogen) atoms. The SMILES string of the molecule is CC1CCN(C)C(N)=N1. The van der Waals surface area contributed by atoms with Gasteiger partial charge in [-0.1, -0.05) is 0 Å². The van der Waals surface area contributed by atoms with E-state index in [9.17, 15) is 0 Å². The van der Waals surface area contributed by atoms with E-state index in [1.165, 1.54) is 0 Å². The predicted molar refractivity (Wildman–Crippen MR) is 38.3 cm³/mol. The molecule has 0 aromatic heterocycles. The summed E-state index contributed by atoms with van der Waals surface area (Å²) in [6.45, 7) is 3.12. The van der Waals surface area contributed by atoms with Crippen LogP contribution in [0.15, 0.2) is 4.99 Å². The van der Waals surface area contributed by atoms with Crippen molar-refractivity contribution in [3.8, 4) is 0 Å². The van der Waals surface area contributed by atoms with Crippen molar-refractivity contribution in [2.45, 2.75) is 19.4 Å². The second kappa shape index (κ2) is 2.25. The molecular weight excluding hydrogens is 114 g/mol. The van der Waals surface area contributed by atoms with E-state index in [1.807, 2.05) is 11.9 Å². The van der Waals surface area contributed by atoms with Crippen LogP contribution in [0.5, 0.6) is 0 Å². The summed E-state index contributed by atoms with van der Waals surface area (Å²) < 4.78 is 0. The normalized spacial score (nSPS) is 28.0. The van der Waals surface area contributed by atoms with Gasteiger partial charge in [0, 0.05) is 13.6 Å². The average Bonchev–Trinajstić information content (AvgIpc) is 1.80. The van der Waals surface area contributed by atoms with Gasteiger partial charge in [0.15, 0.2) is 5.96 Å². The molecule has 1 aliphatic heterocycles. The average molecular weight is 127 g/mol. The first-order valence-corrected chi connectivity index (χ1v) is 3.24. The van der Waals surface area contributed by atoms with E-state index in [0.29, 0.717) is 12.0 Å². The van der Waals surface area contributed by atoms with Crippen LogP contribution < -0.4 is 5.73 Å². The quantitative estimate of drug-likeness (QED) is 0.498. The standard InChI is InChI=1S/C6H13N3/c1-5-3-4-9(2)6(7)8-5/h5H,3-4H2,1-2H3,(H2,7,8). The maximum Gasteiger partial charge on any atom is 0.191 e. The molecule has 2 N–H and O–H groups in total. The summed E-state index contributed by atoms with van der Waals surface area (Å²) in [6, 6.07) is 0.418. The summed E-state index contributed by atoms with van der Waals surface area (Å²) in [7, 11) is 1.96. The topological polar surface area (TPSA) is 41.6 Å². The van der Waals surface area contributed by atoms with Crippen molar-refractivity contribution in [2.75, 3.05) is 13.6 Å². The van der Waals surface area contributed by atoms with E-state index in [2.05, 4.69) is 11.9 Å². The van der Waals surface area contributed by atoms with Crippen molar-refractivity contribution in [3.05, 3.63) is 0 Å². The van der Waals surface area contributed by atoms with Gasteiger partial charge in [0.05, 0.1) is 6.04 Å². The second-order valence-electron chi connectivity index (χ2n) is 2.55. The maximum atomic E-state index is 5.54. The molecule has 0 saturated heterocycles. The molecule has 0 aliphatic carbocycles. The summed E-state index contributed by atoms with van der Waals surface area (Å²) in [5, 5.41) is 0. The van der Waals surface area contributed by atoms with Crippen LogP contribution in [0.2, 0.25) is 0 Å². The Hall–Kier alpha value is -0.730. The third-order valence-corrected chi connectivity index (χ3v) is 1.63. The summed E-state index contributed by atoms with van der Waals surface area (Å²) in [4.78, 5) is 6.16. The van der Waals surface area contributed by atoms with E-state index in [4.69, 9.17) is 5.73 Å². The molecule has 0 fully saturated rings. The van der Waals surface area contributed by atoms with Crippen molar-refractivity contribution in [1.29, 1.82) is 0 Å². The highest BCUT2D eigenvalue weighted by molar-refractivity contribution is 5.78. The van der Waals surface area contributed by atoms with E-state index in [0.717, 1.165) is 13.0 Å². The summed E-state index contributed by atoms with van der Waals surface area (Å²) in [5.74, 6) is 0.675. The van der Waals surface area contributed by atoms with Gasteiger partial charge in [-0.15, -0.1) is 0 Å². The Morgan fingerprint density at radius 2 is 2.44 bits per heavy atom. The minimum absolute atomic E-state index is 0.418. The van der Waals surface area contributed by atoms with Gasteiger partial charge < -0.3 is 10.6 Å². The number of nitrogens with zero attached hydrogens (tertiary/aromatic N) is 2. The van der Waals surface area contributed by atoms with Gasteiger partial charge in [-0.2, -0.15) is 0 Å². The molecule has 0 radical (unpaired) electrons. The first-order chi connectivity index (χ1) is 4.20. The summed E-state index contributed by atoms with van der Waals surface area (Å²) in [5.41, 5.74) is 5.54. The molecular formula is C6H13N3. The van der Waals surface area contributed by atoms with Crippen LogP contribution in [0.1, 0.15) is 13.3 Å². The zero-order valence-electron chi connectivity index (χ0n) is 5.96. The van der Waals surface area contributed by atoms with Crippen LogP contribution in [0, 0.1) is 0 Å². The zero-order valence-corrected chi connectivity index (χ0v) is 5.96. The minimum Gasteiger partial charge on any atom is -0.370 e. The molecule has 0 amide bonds. The lowest BCUT2D eigenvalue weighted by Crippen LogP contribution is -2.40. The molecule has 1 heterocycles. The Balaban J connectivity index is 2.61. The number of guanidine groups is 1. The monoisotopic (exact) mass is 127 g/mol. The Bertz CT molecular complexity index is 130. The van der Waals surface area contributed by atoms with E-state index in [1.54, 1.807) is 0 Å². The molecule has 52 valence electrons. The minimum atomic E-state index is 0.418. The van der Waals surface area contributed by atoms with Crippen LogP contribution in [-0.2, 0) is 0 Å². The lowest BCUT2D eigenvalue weighted by molar-refractivity contribution is 0.425. The van der Waals surface area contributed by atoms with Gasteiger partial charge in [0.1, 0.15) is 0 Å². The third kappa shape index (κ3) is 1.34. The highest BCUT2D eigenvalue weighted by atomic mass is 15.2. The van der Waals surface area contributed by atoms with Crippen LogP contribution in [-0.4, -0.2) is 30.5 Å². The van der Waals surface area contributed by atoms with Crippen LogP contribution in [0.3, 0.4) is 0 Å².